The number of nitrogens with zero attached hydrogens (tertiary/aromatic N) is 4. The van der Waals surface area contributed by atoms with E-state index in [1.165, 1.54) is 28.9 Å². The maximum absolute atomic E-state index is 13.0. The highest BCUT2D eigenvalue weighted by Gasteiger charge is 2.30. The topological polar surface area (TPSA) is 100 Å². The number of rotatable bonds is 3. The third-order valence-corrected chi connectivity index (χ3v) is 3.76. The lowest BCUT2D eigenvalue weighted by Crippen LogP contribution is -2.51. The predicted octanol–water partition coefficient (Wildman–Crippen LogP) is 0.825. The van der Waals surface area contributed by atoms with Crippen LogP contribution in [0, 0.1) is 12.7 Å². The standard InChI is InChI=1S/C15H16FN5O3/c1-9-17-13(19-21(9)11-6-4-10(16)5-7-11)14(22)18-12-3-2-8-20(24)15(12)23/h4-7,12,24H,2-3,8H2,1H3,(H,18,22). The van der Waals surface area contributed by atoms with Gasteiger partial charge in [0.1, 0.15) is 17.7 Å². The summed E-state index contributed by atoms with van der Waals surface area (Å²) in [5.41, 5.74) is 0.565. The van der Waals surface area contributed by atoms with E-state index in [-0.39, 0.29) is 18.2 Å². The van der Waals surface area contributed by atoms with E-state index >= 15 is 0 Å². The molecule has 126 valence electrons. The Kier molecular flexibility index (Phi) is 4.26. The van der Waals surface area contributed by atoms with Crippen LogP contribution in [0.25, 0.3) is 5.69 Å². The van der Waals surface area contributed by atoms with Crippen LogP contribution in [0.4, 0.5) is 4.39 Å². The summed E-state index contributed by atoms with van der Waals surface area (Å²) in [6.07, 6.45) is 1.03. The highest BCUT2D eigenvalue weighted by atomic mass is 19.1. The van der Waals surface area contributed by atoms with E-state index in [1.54, 1.807) is 6.92 Å². The van der Waals surface area contributed by atoms with Crippen molar-refractivity contribution in [3.05, 3.63) is 41.7 Å². The first kappa shape index (κ1) is 16.1. The molecule has 1 aromatic heterocycles. The fourth-order valence-corrected chi connectivity index (χ4v) is 2.53. The summed E-state index contributed by atoms with van der Waals surface area (Å²) in [5, 5.41) is 16.6. The molecule has 1 aliphatic heterocycles. The van der Waals surface area contributed by atoms with Gasteiger partial charge >= 0.3 is 0 Å². The van der Waals surface area contributed by atoms with Gasteiger partial charge in [-0.05, 0) is 44.0 Å². The zero-order valence-corrected chi connectivity index (χ0v) is 12.9. The van der Waals surface area contributed by atoms with E-state index in [4.69, 9.17) is 0 Å². The molecule has 0 spiro atoms. The zero-order valence-electron chi connectivity index (χ0n) is 12.9. The Morgan fingerprint density at radius 3 is 2.79 bits per heavy atom. The molecule has 3 rings (SSSR count). The Morgan fingerprint density at radius 1 is 1.38 bits per heavy atom. The first-order valence-corrected chi connectivity index (χ1v) is 7.46. The fraction of sp³-hybridized carbons (Fsp3) is 0.333. The van der Waals surface area contributed by atoms with Crippen LogP contribution >= 0.6 is 0 Å². The van der Waals surface area contributed by atoms with Crippen LogP contribution in [0.15, 0.2) is 24.3 Å². The maximum atomic E-state index is 13.0. The van der Waals surface area contributed by atoms with E-state index in [1.807, 2.05) is 0 Å². The summed E-state index contributed by atoms with van der Waals surface area (Å²) >= 11 is 0. The van der Waals surface area contributed by atoms with Crippen LogP contribution in [0.3, 0.4) is 0 Å². The molecule has 2 N–H and O–H groups in total. The number of nitrogens with one attached hydrogen (secondary N) is 1. The maximum Gasteiger partial charge on any atom is 0.291 e. The van der Waals surface area contributed by atoms with Gasteiger partial charge < -0.3 is 5.32 Å². The number of carbonyl (C=O) groups excluding carboxylic acids is 2. The third kappa shape index (κ3) is 3.11. The fourth-order valence-electron chi connectivity index (χ4n) is 2.53. The number of hydrogen-bond donors (Lipinski definition) is 2. The van der Waals surface area contributed by atoms with E-state index < -0.39 is 17.9 Å². The van der Waals surface area contributed by atoms with Crippen molar-refractivity contribution < 1.29 is 19.2 Å². The van der Waals surface area contributed by atoms with Gasteiger partial charge in [-0.25, -0.2) is 19.1 Å². The smallest absolute Gasteiger partial charge is 0.291 e. The van der Waals surface area contributed by atoms with Gasteiger partial charge in [-0.1, -0.05) is 0 Å². The molecule has 0 aliphatic carbocycles. The normalized spacial score (nSPS) is 17.9. The van der Waals surface area contributed by atoms with Crippen LogP contribution in [0.1, 0.15) is 29.3 Å². The molecular weight excluding hydrogens is 317 g/mol. The molecule has 1 aliphatic rings. The number of halogens is 1. The summed E-state index contributed by atoms with van der Waals surface area (Å²) in [7, 11) is 0. The van der Waals surface area contributed by atoms with Gasteiger partial charge in [0.2, 0.25) is 5.82 Å². The van der Waals surface area contributed by atoms with Gasteiger partial charge in [-0.15, -0.1) is 5.10 Å². The number of hydroxylamine groups is 2. The molecule has 1 unspecified atom stereocenters. The molecule has 1 atom stereocenters. The van der Waals surface area contributed by atoms with E-state index in [0.717, 1.165) is 0 Å². The lowest BCUT2D eigenvalue weighted by atomic mass is 10.1. The highest BCUT2D eigenvalue weighted by molar-refractivity contribution is 5.94. The lowest BCUT2D eigenvalue weighted by molar-refractivity contribution is -0.172. The van der Waals surface area contributed by atoms with Crippen molar-refractivity contribution in [3.63, 3.8) is 0 Å². The minimum Gasteiger partial charge on any atom is -0.337 e. The molecule has 1 saturated heterocycles. The molecule has 0 radical (unpaired) electrons. The lowest BCUT2D eigenvalue weighted by Gasteiger charge is -2.27. The second-order valence-electron chi connectivity index (χ2n) is 5.50. The molecular formula is C15H16FN5O3. The quantitative estimate of drug-likeness (QED) is 0.810. The second kappa shape index (κ2) is 6.36. The van der Waals surface area contributed by atoms with Crippen molar-refractivity contribution in [1.29, 1.82) is 0 Å². The van der Waals surface area contributed by atoms with Crippen LogP contribution in [0.5, 0.6) is 0 Å². The van der Waals surface area contributed by atoms with E-state index in [2.05, 4.69) is 15.4 Å². The van der Waals surface area contributed by atoms with Crippen LogP contribution in [-0.2, 0) is 4.79 Å². The van der Waals surface area contributed by atoms with Gasteiger partial charge in [0.25, 0.3) is 11.8 Å². The molecule has 1 aromatic carbocycles. The second-order valence-corrected chi connectivity index (χ2v) is 5.50. The molecule has 1 fully saturated rings. The molecule has 24 heavy (non-hydrogen) atoms. The molecule has 2 aromatic rings. The van der Waals surface area contributed by atoms with Crippen LogP contribution in [0.2, 0.25) is 0 Å². The van der Waals surface area contributed by atoms with E-state index in [0.29, 0.717) is 29.4 Å². The zero-order chi connectivity index (χ0) is 17.3. The molecule has 9 heteroatoms. The Hall–Kier alpha value is -2.81. The Labute approximate surface area is 136 Å². The molecule has 2 amide bonds. The minimum absolute atomic E-state index is 0.0975. The highest BCUT2D eigenvalue weighted by Crippen LogP contribution is 2.12. The number of piperidine rings is 1. The first-order chi connectivity index (χ1) is 11.5. The average Bonchev–Trinajstić information content (AvgIpc) is 2.94. The summed E-state index contributed by atoms with van der Waals surface area (Å²) < 4.78 is 14.4. The van der Waals surface area contributed by atoms with Crippen molar-refractivity contribution in [2.75, 3.05) is 6.54 Å². The SMILES string of the molecule is Cc1nc(C(=O)NC2CCCN(O)C2=O)nn1-c1ccc(F)cc1. The van der Waals surface area contributed by atoms with Crippen molar-refractivity contribution in [2.24, 2.45) is 0 Å². The Balaban J connectivity index is 1.78. The average molecular weight is 333 g/mol. The van der Waals surface area contributed by atoms with Gasteiger partial charge in [-0.3, -0.25) is 14.8 Å². The Bertz CT molecular complexity index is 774. The predicted molar refractivity (Wildman–Crippen MR) is 80.0 cm³/mol. The summed E-state index contributed by atoms with van der Waals surface area (Å²) in [6.45, 7) is 1.91. The largest absolute Gasteiger partial charge is 0.337 e. The number of aryl methyl sites for hydroxylation is 1. The molecule has 2 heterocycles. The minimum atomic E-state index is -0.797. The monoisotopic (exact) mass is 333 g/mol. The number of benzene rings is 1. The third-order valence-electron chi connectivity index (χ3n) is 3.76. The summed E-state index contributed by atoms with van der Waals surface area (Å²) in [5.74, 6) is -1.18. The first-order valence-electron chi connectivity index (χ1n) is 7.46. The number of aromatic nitrogens is 3. The molecule has 0 bridgehead atoms. The number of amides is 2. The van der Waals surface area contributed by atoms with Gasteiger partial charge in [-0.2, -0.15) is 0 Å². The van der Waals surface area contributed by atoms with Crippen LogP contribution < -0.4 is 5.32 Å². The van der Waals surface area contributed by atoms with Gasteiger partial charge in [0.15, 0.2) is 0 Å². The van der Waals surface area contributed by atoms with Crippen molar-refractivity contribution >= 4 is 11.8 Å². The van der Waals surface area contributed by atoms with E-state index in [9.17, 15) is 19.2 Å². The van der Waals surface area contributed by atoms with Crippen molar-refractivity contribution in [3.8, 4) is 5.69 Å². The molecule has 0 saturated carbocycles. The summed E-state index contributed by atoms with van der Waals surface area (Å²) in [4.78, 5) is 28.1. The van der Waals surface area contributed by atoms with Crippen LogP contribution in [-0.4, -0.2) is 49.4 Å². The van der Waals surface area contributed by atoms with Gasteiger partial charge in [0, 0.05) is 6.54 Å². The van der Waals surface area contributed by atoms with Crippen molar-refractivity contribution in [2.45, 2.75) is 25.8 Å². The number of carbonyl (C=O) groups is 2. The number of hydrogen-bond acceptors (Lipinski definition) is 5. The Morgan fingerprint density at radius 2 is 2.08 bits per heavy atom. The summed E-state index contributed by atoms with van der Waals surface area (Å²) in [6, 6.07) is 4.81. The van der Waals surface area contributed by atoms with Gasteiger partial charge in [0.05, 0.1) is 5.69 Å². The van der Waals surface area contributed by atoms with Crippen molar-refractivity contribution in [1.82, 2.24) is 25.1 Å². The molecule has 8 nitrogen and oxygen atoms in total.